The van der Waals surface area contributed by atoms with Gasteiger partial charge in [0.15, 0.2) is 18.4 Å². The number of esters is 1. The number of nitrogens with one attached hydrogen (secondary N) is 1. The predicted octanol–water partition coefficient (Wildman–Crippen LogP) is 5.68. The van der Waals surface area contributed by atoms with Crippen LogP contribution in [-0.4, -0.2) is 141 Å². The number of ether oxygens (including phenoxy) is 10. The average Bonchev–Trinajstić information content (AvgIpc) is 3.58. The molecule has 3 N–H and O–H groups in total. The van der Waals surface area contributed by atoms with Crippen molar-refractivity contribution in [3.8, 4) is 0 Å². The first-order valence-corrected chi connectivity index (χ1v) is 22.9. The smallest absolute Gasteiger partial charge is 0.316 e. The van der Waals surface area contributed by atoms with Crippen LogP contribution in [0.15, 0.2) is 64.4 Å². The summed E-state index contributed by atoms with van der Waals surface area (Å²) in [7, 11) is 5.29. The van der Waals surface area contributed by atoms with Gasteiger partial charge in [0.05, 0.1) is 55.4 Å². The van der Waals surface area contributed by atoms with Crippen LogP contribution in [0.4, 0.5) is 0 Å². The van der Waals surface area contributed by atoms with Gasteiger partial charge in [-0.3, -0.25) is 4.79 Å². The Balaban J connectivity index is 1.18. The van der Waals surface area contributed by atoms with E-state index >= 15 is 0 Å². The van der Waals surface area contributed by atoms with Crippen molar-refractivity contribution in [3.63, 3.8) is 0 Å². The predicted molar refractivity (Wildman–Crippen MR) is 233 cm³/mol. The summed E-state index contributed by atoms with van der Waals surface area (Å²) in [6.45, 7) is 16.2. The molecule has 0 aromatic heterocycles. The van der Waals surface area contributed by atoms with Gasteiger partial charge >= 0.3 is 5.97 Å². The van der Waals surface area contributed by atoms with Crippen molar-refractivity contribution in [2.75, 3.05) is 27.9 Å². The average molecular weight is 885 g/mol. The summed E-state index contributed by atoms with van der Waals surface area (Å²) in [5, 5.41) is 29.4. The van der Waals surface area contributed by atoms with Crippen LogP contribution in [0.25, 0.3) is 0 Å². The van der Waals surface area contributed by atoms with Crippen LogP contribution in [0.2, 0.25) is 0 Å². The van der Waals surface area contributed by atoms with Gasteiger partial charge < -0.3 is 63.0 Å². The lowest BCUT2D eigenvalue weighted by molar-refractivity contribution is -0.312. The highest BCUT2D eigenvalue weighted by Crippen LogP contribution is 2.46. The zero-order valence-electron chi connectivity index (χ0n) is 38.9. The van der Waals surface area contributed by atoms with E-state index in [0.717, 1.165) is 5.57 Å². The molecule has 1 aliphatic carbocycles. The molecule has 7 rings (SSSR count). The minimum atomic E-state index is -1.87. The third-order valence-corrected chi connectivity index (χ3v) is 14.3. The second-order valence-corrected chi connectivity index (χ2v) is 19.1. The quantitative estimate of drug-likeness (QED) is 0.118. The molecular weight excluding hydrogens is 813 g/mol. The first kappa shape index (κ1) is 48.1. The van der Waals surface area contributed by atoms with E-state index in [2.05, 4.69) is 50.3 Å². The number of allylic oxidation sites excluding steroid dienone is 2. The third-order valence-electron chi connectivity index (χ3n) is 14.3. The number of rotatable bonds is 8. The molecule has 0 radical (unpaired) electrons. The van der Waals surface area contributed by atoms with Gasteiger partial charge in [-0.1, -0.05) is 69.3 Å². The lowest BCUT2D eigenvalue weighted by atomic mass is 9.71. The zero-order chi connectivity index (χ0) is 45.4. The molecule has 18 atom stereocenters. The van der Waals surface area contributed by atoms with Gasteiger partial charge in [0.1, 0.15) is 35.5 Å². The number of oxime groups is 1. The Hall–Kier alpha value is -2.80. The van der Waals surface area contributed by atoms with Crippen LogP contribution < -0.4 is 5.32 Å². The first-order chi connectivity index (χ1) is 30.0. The minimum absolute atomic E-state index is 0.0149. The molecule has 8 unspecified atom stereocenters. The Morgan fingerprint density at radius 2 is 1.63 bits per heavy atom. The van der Waals surface area contributed by atoms with E-state index in [1.165, 1.54) is 0 Å². The number of likely N-dealkylation sites (N-methyl/N-ethyl adjacent to an activating group) is 1. The molecule has 1 spiro atoms. The first-order valence-electron chi connectivity index (χ1n) is 22.9. The van der Waals surface area contributed by atoms with Crippen molar-refractivity contribution >= 4 is 11.7 Å². The van der Waals surface area contributed by atoms with Crippen LogP contribution in [0.3, 0.4) is 0 Å². The summed E-state index contributed by atoms with van der Waals surface area (Å²) in [6, 6.07) is 0.0405. The molecule has 0 aromatic carbocycles. The fraction of sp³-hybridized carbons (Fsp3) is 0.750. The second kappa shape index (κ2) is 20.0. The van der Waals surface area contributed by atoms with E-state index < -0.39 is 66.4 Å². The summed E-state index contributed by atoms with van der Waals surface area (Å²) in [5.74, 6) is -2.66. The number of hydrogen-bond acceptors (Lipinski definition) is 15. The molecule has 4 fully saturated rings. The molecule has 2 bridgehead atoms. The van der Waals surface area contributed by atoms with Crippen molar-refractivity contribution in [3.05, 3.63) is 59.3 Å². The maximum Gasteiger partial charge on any atom is 0.316 e. The molecule has 0 aromatic rings. The lowest BCUT2D eigenvalue weighted by Gasteiger charge is -2.48. The van der Waals surface area contributed by atoms with Crippen molar-refractivity contribution in [2.45, 2.75) is 179 Å². The van der Waals surface area contributed by atoms with E-state index in [1.807, 2.05) is 46.0 Å². The van der Waals surface area contributed by atoms with E-state index in [9.17, 15) is 15.1 Å². The highest BCUT2D eigenvalue weighted by molar-refractivity contribution is 6.06. The number of methoxy groups -OCH3 is 2. The summed E-state index contributed by atoms with van der Waals surface area (Å²) in [4.78, 5) is 14.4. The van der Waals surface area contributed by atoms with Gasteiger partial charge in [-0.2, -0.15) is 0 Å². The third kappa shape index (κ3) is 9.85. The summed E-state index contributed by atoms with van der Waals surface area (Å²) < 4.78 is 64.4. The van der Waals surface area contributed by atoms with Gasteiger partial charge in [-0.25, -0.2) is 0 Å². The van der Waals surface area contributed by atoms with Gasteiger partial charge in [0, 0.05) is 51.7 Å². The van der Waals surface area contributed by atoms with Crippen LogP contribution in [0, 0.1) is 23.7 Å². The fourth-order valence-electron chi connectivity index (χ4n) is 10.9. The highest BCUT2D eigenvalue weighted by Gasteiger charge is 2.60. The molecule has 6 aliphatic heterocycles. The topological polar surface area (TPSA) is 174 Å². The number of carbonyl (C=O) groups is 1. The Bertz CT molecular complexity index is 1810. The van der Waals surface area contributed by atoms with E-state index in [1.54, 1.807) is 33.3 Å². The van der Waals surface area contributed by atoms with Gasteiger partial charge in [-0.15, -0.1) is 0 Å². The summed E-state index contributed by atoms with van der Waals surface area (Å²) in [6.07, 6.45) is 10.6. The molecule has 352 valence electrons. The molecule has 7 aliphatic rings. The lowest BCUT2D eigenvalue weighted by Crippen LogP contribution is -2.57. The largest absolute Gasteiger partial charge is 0.462 e. The molecule has 0 amide bonds. The number of aliphatic hydroxyl groups is 1. The van der Waals surface area contributed by atoms with Crippen molar-refractivity contribution in [1.29, 1.82) is 0 Å². The van der Waals surface area contributed by atoms with Crippen LogP contribution in [-0.2, 0) is 52.2 Å². The molecule has 15 heteroatoms. The van der Waals surface area contributed by atoms with Gasteiger partial charge in [0.2, 0.25) is 0 Å². The zero-order valence-corrected chi connectivity index (χ0v) is 38.9. The van der Waals surface area contributed by atoms with E-state index in [-0.39, 0.29) is 73.1 Å². The SMILES string of the molecule is CN[C@@H]1[C@H](C)O[C@@H](O[C@@H]2[C@@H](C)OC(O[C@@H]3/C(C)=C/CC4CC(CC5(C=C[C@@H](C)C(C(C)C)O5)O4)OC(=O)C4C=C(C)/C(=N\O)C5OC/C(=C\C=C\C3C)[C@@]45O)C[C@H]2OC)C[C@@H]1OC. The fourth-order valence-corrected chi connectivity index (χ4v) is 10.9. The molecule has 15 nitrogen and oxygen atoms in total. The Morgan fingerprint density at radius 1 is 0.921 bits per heavy atom. The monoisotopic (exact) mass is 885 g/mol. The van der Waals surface area contributed by atoms with Crippen LogP contribution >= 0.6 is 0 Å². The van der Waals surface area contributed by atoms with E-state index in [4.69, 9.17) is 47.4 Å². The van der Waals surface area contributed by atoms with Crippen molar-refractivity contribution < 1.29 is 62.5 Å². The normalized spacial score (nSPS) is 47.6. The molecule has 0 saturated carbocycles. The van der Waals surface area contributed by atoms with E-state index in [0.29, 0.717) is 36.8 Å². The number of carbonyl (C=O) groups excluding carboxylic acids is 1. The standard InChI is InChI=1S/C48H72N2O13/c1-25(2)42-28(5)17-18-47(63-42)23-34-20-33(62-47)16-15-27(4)43(26(3)13-12-14-32-24-56-45-40(50-53)29(6)19-35(46(51)59-34)48(32,45)52)60-39-22-37(55-11)44(31(8)58-39)61-38-21-36(54-10)41(49-9)30(7)57-38/h12-15,17-19,25-26,28,30-31,33-39,41-45,49,52-53H,16,20-24H2,1-11H3/b13-12+,27-15+,32-14+,50-40+/t26?,28-,30+,31-,33?,34?,35?,36+,37-,38+,39?,41-,42?,43+,44-,45?,47?,48-/m1/s1. The van der Waals surface area contributed by atoms with Gasteiger partial charge in [-0.05, 0) is 69.9 Å². The summed E-state index contributed by atoms with van der Waals surface area (Å²) in [5.41, 5.74) is 0.249. The van der Waals surface area contributed by atoms with Crippen molar-refractivity contribution in [2.24, 2.45) is 28.8 Å². The Kier molecular flexibility index (Phi) is 15.3. The summed E-state index contributed by atoms with van der Waals surface area (Å²) >= 11 is 0. The van der Waals surface area contributed by atoms with Crippen molar-refractivity contribution in [1.82, 2.24) is 5.32 Å². The molecule has 4 saturated heterocycles. The Morgan fingerprint density at radius 3 is 2.33 bits per heavy atom. The van der Waals surface area contributed by atoms with Crippen LogP contribution in [0.1, 0.15) is 87.5 Å². The highest BCUT2D eigenvalue weighted by atomic mass is 16.7. The number of fused-ring (bicyclic) bond motifs is 2. The number of hydrogen-bond donors (Lipinski definition) is 3. The van der Waals surface area contributed by atoms with Gasteiger partial charge in [0.25, 0.3) is 0 Å². The molecule has 63 heavy (non-hydrogen) atoms. The molecular formula is C48H72N2O13. The van der Waals surface area contributed by atoms with Crippen LogP contribution in [0.5, 0.6) is 0 Å². The number of nitrogens with zero attached hydrogens (tertiary/aromatic N) is 1. The maximum atomic E-state index is 14.4. The Labute approximate surface area is 373 Å². The minimum Gasteiger partial charge on any atom is -0.462 e. The maximum absolute atomic E-state index is 14.4. The molecule has 6 heterocycles. The second-order valence-electron chi connectivity index (χ2n) is 19.1.